The number of hydrogen-bond donors (Lipinski definition) is 1. The first-order chi connectivity index (χ1) is 9.15. The summed E-state index contributed by atoms with van der Waals surface area (Å²) < 4.78 is 2.27. The Kier molecular flexibility index (Phi) is 2.96. The highest BCUT2D eigenvalue weighted by Crippen LogP contribution is 2.24. The number of para-hydroxylation sites is 1. The Morgan fingerprint density at radius 1 is 1.11 bits per heavy atom. The number of fused-ring (bicyclic) bond motifs is 1. The van der Waals surface area contributed by atoms with Crippen LogP contribution in [0.3, 0.4) is 0 Å². The van der Waals surface area contributed by atoms with Gasteiger partial charge in [-0.25, -0.2) is 0 Å². The van der Waals surface area contributed by atoms with Crippen molar-refractivity contribution in [2.75, 3.05) is 5.73 Å². The number of benzene rings is 2. The quantitative estimate of drug-likeness (QED) is 0.694. The molecule has 0 saturated carbocycles. The van der Waals surface area contributed by atoms with Gasteiger partial charge in [0, 0.05) is 28.5 Å². The maximum atomic E-state index is 6.26. The Morgan fingerprint density at radius 3 is 2.68 bits per heavy atom. The van der Waals surface area contributed by atoms with Gasteiger partial charge in [0.15, 0.2) is 0 Å². The molecule has 0 saturated heterocycles. The lowest BCUT2D eigenvalue weighted by Crippen LogP contribution is -2.02. The van der Waals surface area contributed by atoms with Crippen molar-refractivity contribution in [3.63, 3.8) is 0 Å². The van der Waals surface area contributed by atoms with Gasteiger partial charge in [0.05, 0.1) is 0 Å². The molecule has 96 valence electrons. The number of nitrogen functional groups attached to an aromatic ring is 1. The number of halogens is 1. The van der Waals surface area contributed by atoms with Gasteiger partial charge in [-0.3, -0.25) is 0 Å². The molecule has 19 heavy (non-hydrogen) atoms. The van der Waals surface area contributed by atoms with Crippen LogP contribution in [0.25, 0.3) is 10.9 Å². The van der Waals surface area contributed by atoms with E-state index in [1.807, 2.05) is 12.1 Å². The maximum Gasteiger partial charge on any atom is 0.0493 e. The van der Waals surface area contributed by atoms with Gasteiger partial charge in [0.25, 0.3) is 0 Å². The van der Waals surface area contributed by atoms with Crippen LogP contribution in [0, 0.1) is 6.92 Å². The van der Waals surface area contributed by atoms with Crippen molar-refractivity contribution in [2.24, 2.45) is 0 Å². The van der Waals surface area contributed by atoms with Gasteiger partial charge in [-0.1, -0.05) is 35.9 Å². The fourth-order valence-corrected chi connectivity index (χ4v) is 2.67. The third kappa shape index (κ3) is 2.20. The fourth-order valence-electron chi connectivity index (χ4n) is 2.42. The zero-order valence-corrected chi connectivity index (χ0v) is 11.5. The molecule has 0 atom stereocenters. The molecule has 1 heterocycles. The van der Waals surface area contributed by atoms with Crippen molar-refractivity contribution in [3.8, 4) is 0 Å². The molecule has 1 aromatic heterocycles. The van der Waals surface area contributed by atoms with Crippen LogP contribution in [0.5, 0.6) is 0 Å². The van der Waals surface area contributed by atoms with Crippen LogP contribution >= 0.6 is 11.6 Å². The highest BCUT2D eigenvalue weighted by atomic mass is 35.5. The van der Waals surface area contributed by atoms with Crippen LogP contribution in [-0.2, 0) is 6.54 Å². The van der Waals surface area contributed by atoms with Gasteiger partial charge in [0.1, 0.15) is 0 Å². The van der Waals surface area contributed by atoms with Gasteiger partial charge in [0.2, 0.25) is 0 Å². The minimum absolute atomic E-state index is 0.697. The second-order valence-electron chi connectivity index (χ2n) is 4.78. The van der Waals surface area contributed by atoms with E-state index in [4.69, 9.17) is 17.3 Å². The van der Waals surface area contributed by atoms with Gasteiger partial charge in [-0.05, 0) is 42.1 Å². The highest BCUT2D eigenvalue weighted by Gasteiger charge is 2.07. The largest absolute Gasteiger partial charge is 0.399 e. The summed E-state index contributed by atoms with van der Waals surface area (Å²) in [6, 6.07) is 16.3. The Bertz CT molecular complexity index is 744. The summed E-state index contributed by atoms with van der Waals surface area (Å²) in [6.07, 6.45) is 0. The van der Waals surface area contributed by atoms with Gasteiger partial charge >= 0.3 is 0 Å². The lowest BCUT2D eigenvalue weighted by atomic mass is 10.2. The molecule has 0 fully saturated rings. The lowest BCUT2D eigenvalue weighted by Gasteiger charge is -2.10. The van der Waals surface area contributed by atoms with Gasteiger partial charge < -0.3 is 10.3 Å². The predicted octanol–water partition coefficient (Wildman–Crippen LogP) is 4.23. The molecule has 2 aromatic carbocycles. The highest BCUT2D eigenvalue weighted by molar-refractivity contribution is 6.31. The summed E-state index contributed by atoms with van der Waals surface area (Å²) in [5, 5.41) is 1.98. The smallest absolute Gasteiger partial charge is 0.0493 e. The Hall–Kier alpha value is -1.93. The zero-order valence-electron chi connectivity index (χ0n) is 10.7. The lowest BCUT2D eigenvalue weighted by molar-refractivity contribution is 0.805. The molecule has 0 bridgehead atoms. The van der Waals surface area contributed by atoms with Crippen molar-refractivity contribution >= 4 is 28.2 Å². The zero-order chi connectivity index (χ0) is 13.4. The second kappa shape index (κ2) is 4.63. The molecular formula is C16H15ClN2. The van der Waals surface area contributed by atoms with E-state index in [1.54, 1.807) is 6.07 Å². The molecule has 0 aliphatic carbocycles. The minimum Gasteiger partial charge on any atom is -0.399 e. The summed E-state index contributed by atoms with van der Waals surface area (Å²) in [7, 11) is 0. The molecular weight excluding hydrogens is 256 g/mol. The average Bonchev–Trinajstić information content (AvgIpc) is 2.69. The summed E-state index contributed by atoms with van der Waals surface area (Å²) in [4.78, 5) is 0. The third-order valence-corrected chi connectivity index (χ3v) is 3.78. The van der Waals surface area contributed by atoms with Gasteiger partial charge in [-0.15, -0.1) is 0 Å². The topological polar surface area (TPSA) is 30.9 Å². The molecule has 0 aliphatic heterocycles. The molecule has 3 aromatic rings. The van der Waals surface area contributed by atoms with Crippen molar-refractivity contribution in [1.82, 2.24) is 4.57 Å². The molecule has 0 spiro atoms. The van der Waals surface area contributed by atoms with Crippen molar-refractivity contribution in [1.29, 1.82) is 0 Å². The average molecular weight is 271 g/mol. The third-order valence-electron chi connectivity index (χ3n) is 3.42. The van der Waals surface area contributed by atoms with E-state index in [0.717, 1.165) is 17.1 Å². The van der Waals surface area contributed by atoms with E-state index in [0.29, 0.717) is 5.69 Å². The van der Waals surface area contributed by atoms with Gasteiger partial charge in [-0.2, -0.15) is 0 Å². The first kappa shape index (κ1) is 12.1. The Morgan fingerprint density at radius 2 is 1.89 bits per heavy atom. The van der Waals surface area contributed by atoms with Crippen LogP contribution in [0.15, 0.2) is 48.5 Å². The number of rotatable bonds is 2. The van der Waals surface area contributed by atoms with E-state index in [-0.39, 0.29) is 0 Å². The van der Waals surface area contributed by atoms with E-state index in [1.165, 1.54) is 16.6 Å². The Balaban J connectivity index is 2.08. The van der Waals surface area contributed by atoms with Crippen molar-refractivity contribution in [3.05, 3.63) is 64.8 Å². The molecule has 3 heteroatoms. The standard InChI is InChI=1S/C16H15ClN2/c1-11-8-12-4-2-3-5-16(12)19(11)10-13-6-7-14(18)9-15(13)17/h2-9H,10,18H2,1H3. The van der Waals surface area contributed by atoms with Crippen LogP contribution in [0.2, 0.25) is 5.02 Å². The number of anilines is 1. The number of aryl methyl sites for hydroxylation is 1. The minimum atomic E-state index is 0.697. The van der Waals surface area contributed by atoms with Crippen LogP contribution in [0.1, 0.15) is 11.3 Å². The number of nitrogens with zero attached hydrogens (tertiary/aromatic N) is 1. The Labute approximate surface area is 117 Å². The van der Waals surface area contributed by atoms with Crippen LogP contribution < -0.4 is 5.73 Å². The second-order valence-corrected chi connectivity index (χ2v) is 5.19. The first-order valence-electron chi connectivity index (χ1n) is 6.24. The summed E-state index contributed by atoms with van der Waals surface area (Å²) in [6.45, 7) is 2.88. The van der Waals surface area contributed by atoms with E-state index < -0.39 is 0 Å². The predicted molar refractivity (Wildman–Crippen MR) is 81.6 cm³/mol. The molecule has 0 radical (unpaired) electrons. The molecule has 0 aliphatic rings. The van der Waals surface area contributed by atoms with E-state index >= 15 is 0 Å². The number of aromatic nitrogens is 1. The normalized spacial score (nSPS) is 11.1. The van der Waals surface area contributed by atoms with E-state index in [9.17, 15) is 0 Å². The summed E-state index contributed by atoms with van der Waals surface area (Å²) >= 11 is 6.26. The van der Waals surface area contributed by atoms with Crippen LogP contribution in [0.4, 0.5) is 5.69 Å². The maximum absolute atomic E-state index is 6.26. The summed E-state index contributed by atoms with van der Waals surface area (Å²) in [5.74, 6) is 0. The number of hydrogen-bond acceptors (Lipinski definition) is 1. The molecule has 0 amide bonds. The molecule has 3 rings (SSSR count). The molecule has 0 unspecified atom stereocenters. The SMILES string of the molecule is Cc1cc2ccccc2n1Cc1ccc(N)cc1Cl. The number of nitrogens with two attached hydrogens (primary N) is 1. The van der Waals surface area contributed by atoms with E-state index in [2.05, 4.69) is 41.8 Å². The van der Waals surface area contributed by atoms with Crippen molar-refractivity contribution in [2.45, 2.75) is 13.5 Å². The molecule has 2 nitrogen and oxygen atoms in total. The summed E-state index contributed by atoms with van der Waals surface area (Å²) in [5.41, 5.74) is 9.97. The monoisotopic (exact) mass is 270 g/mol. The fraction of sp³-hybridized carbons (Fsp3) is 0.125. The van der Waals surface area contributed by atoms with Crippen LogP contribution in [-0.4, -0.2) is 4.57 Å². The van der Waals surface area contributed by atoms with Crippen molar-refractivity contribution < 1.29 is 0 Å². The first-order valence-corrected chi connectivity index (χ1v) is 6.62. The molecule has 2 N–H and O–H groups in total.